The third-order valence-electron chi connectivity index (χ3n) is 4.13. The van der Waals surface area contributed by atoms with Crippen LogP contribution in [0, 0.1) is 5.82 Å². The van der Waals surface area contributed by atoms with Gasteiger partial charge >= 0.3 is 0 Å². The molecule has 3 rings (SSSR count). The van der Waals surface area contributed by atoms with Gasteiger partial charge in [-0.3, -0.25) is 9.69 Å². The smallest absolute Gasteiger partial charge is 0.250 e. The highest BCUT2D eigenvalue weighted by Gasteiger charge is 2.38. The van der Waals surface area contributed by atoms with E-state index < -0.39 is 11.5 Å². The lowest BCUT2D eigenvalue weighted by atomic mass is 9.92. The molecular formula is C16H19FN4O2. The van der Waals surface area contributed by atoms with Crippen molar-refractivity contribution in [2.45, 2.75) is 25.0 Å². The summed E-state index contributed by atoms with van der Waals surface area (Å²) < 4.78 is 14.6. The van der Waals surface area contributed by atoms with Crippen LogP contribution >= 0.6 is 0 Å². The number of aliphatic hydroxyl groups is 1. The van der Waals surface area contributed by atoms with Crippen molar-refractivity contribution in [2.24, 2.45) is 5.73 Å². The average molecular weight is 318 g/mol. The second-order valence-electron chi connectivity index (χ2n) is 5.94. The normalized spacial score (nSPS) is 22.2. The number of benzene rings is 1. The molecule has 122 valence electrons. The number of halogens is 1. The number of hydrogen-bond acceptors (Lipinski definition) is 4. The molecule has 3 N–H and O–H groups in total. The summed E-state index contributed by atoms with van der Waals surface area (Å²) in [5.74, 6) is -0.973. The molecule has 0 unspecified atom stereocenters. The van der Waals surface area contributed by atoms with Gasteiger partial charge in [-0.2, -0.15) is 5.10 Å². The number of likely N-dealkylation sites (tertiary alicyclic amines) is 1. The van der Waals surface area contributed by atoms with Gasteiger partial charge < -0.3 is 10.8 Å². The van der Waals surface area contributed by atoms with Crippen LogP contribution in [0.4, 0.5) is 4.39 Å². The zero-order chi connectivity index (χ0) is 16.4. The van der Waals surface area contributed by atoms with Crippen LogP contribution in [0.5, 0.6) is 0 Å². The fourth-order valence-electron chi connectivity index (χ4n) is 2.87. The number of aromatic nitrogens is 2. The number of rotatable bonds is 4. The van der Waals surface area contributed by atoms with E-state index >= 15 is 0 Å². The minimum Gasteiger partial charge on any atom is -0.379 e. The van der Waals surface area contributed by atoms with Gasteiger partial charge in [0.1, 0.15) is 5.82 Å². The highest BCUT2D eigenvalue weighted by atomic mass is 19.1. The molecule has 6 nitrogen and oxygen atoms in total. The van der Waals surface area contributed by atoms with Gasteiger partial charge in [0.15, 0.2) is 5.60 Å². The maximum atomic E-state index is 13.0. The molecule has 1 aliphatic rings. The maximum absolute atomic E-state index is 13.0. The number of β-amino-alcohol motifs (C(OH)–C–C–N with tert-alkyl or cyclic N) is 1. The molecule has 1 atom stereocenters. The second kappa shape index (κ2) is 6.10. The topological polar surface area (TPSA) is 84.4 Å². The lowest BCUT2D eigenvalue weighted by Crippen LogP contribution is -2.55. The van der Waals surface area contributed by atoms with Crippen LogP contribution in [0.3, 0.4) is 0 Å². The minimum absolute atomic E-state index is 0.214. The van der Waals surface area contributed by atoms with E-state index in [4.69, 9.17) is 5.73 Å². The molecule has 1 aromatic carbocycles. The van der Waals surface area contributed by atoms with Crippen LogP contribution < -0.4 is 5.73 Å². The Morgan fingerprint density at radius 2 is 2.09 bits per heavy atom. The van der Waals surface area contributed by atoms with E-state index in [9.17, 15) is 14.3 Å². The second-order valence-corrected chi connectivity index (χ2v) is 5.94. The Hall–Kier alpha value is -2.25. The first-order valence-corrected chi connectivity index (χ1v) is 7.51. The van der Waals surface area contributed by atoms with Gasteiger partial charge in [0.2, 0.25) is 0 Å². The predicted molar refractivity (Wildman–Crippen MR) is 82.2 cm³/mol. The van der Waals surface area contributed by atoms with Crippen molar-refractivity contribution in [1.82, 2.24) is 14.7 Å². The predicted octanol–water partition coefficient (Wildman–Crippen LogP) is 0.824. The zero-order valence-electron chi connectivity index (χ0n) is 12.7. The summed E-state index contributed by atoms with van der Waals surface area (Å²) in [6.45, 7) is 1.51. The van der Waals surface area contributed by atoms with Crippen LogP contribution in [0.1, 0.15) is 18.5 Å². The summed E-state index contributed by atoms with van der Waals surface area (Å²) in [5, 5.41) is 14.7. The van der Waals surface area contributed by atoms with Crippen molar-refractivity contribution in [3.8, 4) is 5.69 Å². The van der Waals surface area contributed by atoms with E-state index in [1.807, 2.05) is 11.0 Å². The van der Waals surface area contributed by atoms with E-state index in [1.165, 1.54) is 12.1 Å². The fraction of sp³-hybridized carbons (Fsp3) is 0.375. The zero-order valence-corrected chi connectivity index (χ0v) is 12.7. The highest BCUT2D eigenvalue weighted by Crippen LogP contribution is 2.22. The van der Waals surface area contributed by atoms with Crippen molar-refractivity contribution in [3.05, 3.63) is 48.0 Å². The van der Waals surface area contributed by atoms with E-state index in [2.05, 4.69) is 5.10 Å². The Morgan fingerprint density at radius 3 is 2.78 bits per heavy atom. The molecule has 0 aliphatic carbocycles. The number of nitrogens with two attached hydrogens (primary N) is 1. The van der Waals surface area contributed by atoms with E-state index in [0.717, 1.165) is 17.9 Å². The fourth-order valence-corrected chi connectivity index (χ4v) is 2.87. The van der Waals surface area contributed by atoms with Crippen molar-refractivity contribution < 1.29 is 14.3 Å². The van der Waals surface area contributed by atoms with Crippen molar-refractivity contribution in [1.29, 1.82) is 0 Å². The van der Waals surface area contributed by atoms with Crippen LogP contribution in [0.25, 0.3) is 5.69 Å². The molecule has 23 heavy (non-hydrogen) atoms. The molecular weight excluding hydrogens is 299 g/mol. The molecule has 0 bridgehead atoms. The molecule has 0 radical (unpaired) electrons. The molecule has 0 saturated carbocycles. The summed E-state index contributed by atoms with van der Waals surface area (Å²) in [6, 6.07) is 7.93. The number of nitrogens with zero attached hydrogens (tertiary/aromatic N) is 3. The Kier molecular flexibility index (Phi) is 4.14. The van der Waals surface area contributed by atoms with Crippen LogP contribution in [-0.4, -0.2) is 44.4 Å². The van der Waals surface area contributed by atoms with Gasteiger partial charge in [0.25, 0.3) is 5.91 Å². The number of amides is 1. The Morgan fingerprint density at radius 1 is 1.35 bits per heavy atom. The molecule has 1 aliphatic heterocycles. The van der Waals surface area contributed by atoms with Gasteiger partial charge in [-0.05, 0) is 49.7 Å². The lowest BCUT2D eigenvalue weighted by molar-refractivity contribution is -0.142. The van der Waals surface area contributed by atoms with Gasteiger partial charge in [0.05, 0.1) is 11.4 Å². The molecule has 7 heteroatoms. The monoisotopic (exact) mass is 318 g/mol. The quantitative estimate of drug-likeness (QED) is 0.874. The number of primary amides is 1. The van der Waals surface area contributed by atoms with Crippen molar-refractivity contribution in [2.75, 3.05) is 13.1 Å². The van der Waals surface area contributed by atoms with Gasteiger partial charge in [-0.15, -0.1) is 0 Å². The lowest BCUT2D eigenvalue weighted by Gasteiger charge is -2.36. The molecule has 1 aromatic heterocycles. The Bertz CT molecular complexity index is 700. The number of hydrogen-bond donors (Lipinski definition) is 2. The third kappa shape index (κ3) is 3.40. The summed E-state index contributed by atoms with van der Waals surface area (Å²) in [6.07, 6.45) is 2.90. The summed E-state index contributed by atoms with van der Waals surface area (Å²) >= 11 is 0. The first-order chi connectivity index (χ1) is 11.0. The minimum atomic E-state index is -1.46. The molecule has 1 amide bonds. The maximum Gasteiger partial charge on any atom is 0.250 e. The van der Waals surface area contributed by atoms with Crippen LogP contribution in [0.15, 0.2) is 36.5 Å². The third-order valence-corrected chi connectivity index (χ3v) is 4.13. The SMILES string of the molecule is NC(=O)[C@@]1(O)CCCN(Cc2ccn(-c3ccc(F)cc3)n2)C1. The molecule has 2 aromatic rings. The number of carbonyl (C=O) groups is 1. The summed E-state index contributed by atoms with van der Waals surface area (Å²) in [5.41, 5.74) is 5.40. The van der Waals surface area contributed by atoms with Gasteiger partial charge in [-0.25, -0.2) is 9.07 Å². The van der Waals surface area contributed by atoms with Crippen LogP contribution in [0.2, 0.25) is 0 Å². The summed E-state index contributed by atoms with van der Waals surface area (Å²) in [4.78, 5) is 13.3. The van der Waals surface area contributed by atoms with Gasteiger partial charge in [-0.1, -0.05) is 0 Å². The Balaban J connectivity index is 1.69. The van der Waals surface area contributed by atoms with E-state index in [0.29, 0.717) is 19.4 Å². The standard InChI is InChI=1S/C16H19FN4O2/c17-12-2-4-14(5-3-12)21-9-6-13(19-21)10-20-8-1-7-16(23,11-20)15(18)22/h2-6,9,23H,1,7-8,10-11H2,(H2,18,22)/t16-/m1/s1. The number of carbonyl (C=O) groups excluding carboxylic acids is 1. The first-order valence-electron chi connectivity index (χ1n) is 7.51. The van der Waals surface area contributed by atoms with Crippen molar-refractivity contribution >= 4 is 5.91 Å². The summed E-state index contributed by atoms with van der Waals surface area (Å²) in [7, 11) is 0. The van der Waals surface area contributed by atoms with Gasteiger partial charge in [0, 0.05) is 19.3 Å². The molecule has 1 fully saturated rings. The van der Waals surface area contributed by atoms with E-state index in [1.54, 1.807) is 23.0 Å². The largest absolute Gasteiger partial charge is 0.379 e. The molecule has 2 heterocycles. The van der Waals surface area contributed by atoms with E-state index in [-0.39, 0.29) is 12.4 Å². The molecule has 1 saturated heterocycles. The van der Waals surface area contributed by atoms with Crippen LogP contribution in [-0.2, 0) is 11.3 Å². The Labute approximate surface area is 133 Å². The highest BCUT2D eigenvalue weighted by molar-refractivity contribution is 5.83. The molecule has 0 spiro atoms. The van der Waals surface area contributed by atoms with Crippen molar-refractivity contribution in [3.63, 3.8) is 0 Å². The average Bonchev–Trinajstić information content (AvgIpc) is 2.96. The first kappa shape index (κ1) is 15.6. The number of piperidine rings is 1.